The lowest BCUT2D eigenvalue weighted by Crippen LogP contribution is -2.37. The number of ether oxygens (including phenoxy) is 1. The Morgan fingerprint density at radius 3 is 2.46 bits per heavy atom. The average molecular weight is 185 g/mol. The fourth-order valence-electron chi connectivity index (χ4n) is 1.58. The lowest BCUT2D eigenvalue weighted by atomic mass is 9.96. The molecular weight excluding hydrogens is 170 g/mol. The number of nitrogens with zero attached hydrogens (tertiary/aromatic N) is 1. The lowest BCUT2D eigenvalue weighted by molar-refractivity contribution is -0.150. The second-order valence-corrected chi connectivity index (χ2v) is 3.99. The van der Waals surface area contributed by atoms with Gasteiger partial charge in [-0.05, 0) is 20.3 Å². The third-order valence-corrected chi connectivity index (χ3v) is 2.73. The van der Waals surface area contributed by atoms with Crippen molar-refractivity contribution in [2.45, 2.75) is 25.8 Å². The van der Waals surface area contributed by atoms with Crippen LogP contribution in [-0.2, 0) is 14.3 Å². The van der Waals surface area contributed by atoms with Crippen LogP contribution in [0.25, 0.3) is 0 Å². The molecule has 0 spiro atoms. The number of hydrogen-bond acceptors (Lipinski definition) is 3. The van der Waals surface area contributed by atoms with Crippen LogP contribution in [0, 0.1) is 5.92 Å². The van der Waals surface area contributed by atoms with Gasteiger partial charge in [0.1, 0.15) is 5.92 Å². The predicted molar refractivity (Wildman–Crippen MR) is 47.0 cm³/mol. The van der Waals surface area contributed by atoms with E-state index >= 15 is 0 Å². The number of carbonyl (C=O) groups excluding carboxylic acids is 2. The molecule has 1 rings (SSSR count). The van der Waals surface area contributed by atoms with Crippen LogP contribution in [0.4, 0.5) is 0 Å². The van der Waals surface area contributed by atoms with Crippen LogP contribution in [0.1, 0.15) is 20.3 Å². The molecule has 4 nitrogen and oxygen atoms in total. The van der Waals surface area contributed by atoms with Crippen molar-refractivity contribution in [3.63, 3.8) is 0 Å². The van der Waals surface area contributed by atoms with Crippen LogP contribution in [0.2, 0.25) is 0 Å². The third kappa shape index (κ3) is 1.53. The number of amides is 1. The zero-order valence-corrected chi connectivity index (χ0v) is 8.46. The van der Waals surface area contributed by atoms with Crippen LogP contribution in [0.5, 0.6) is 0 Å². The van der Waals surface area contributed by atoms with Gasteiger partial charge in [0.25, 0.3) is 0 Å². The molecule has 0 saturated carbocycles. The summed E-state index contributed by atoms with van der Waals surface area (Å²) in [5.41, 5.74) is -0.240. The van der Waals surface area contributed by atoms with Crippen LogP contribution in [-0.4, -0.2) is 36.5 Å². The van der Waals surface area contributed by atoms with Crippen molar-refractivity contribution < 1.29 is 14.3 Å². The highest BCUT2D eigenvalue weighted by molar-refractivity contribution is 5.99. The van der Waals surface area contributed by atoms with Crippen LogP contribution >= 0.6 is 0 Å². The number of esters is 1. The molecule has 1 unspecified atom stereocenters. The first-order valence-electron chi connectivity index (χ1n) is 4.25. The van der Waals surface area contributed by atoms with Crippen molar-refractivity contribution in [2.75, 3.05) is 14.2 Å². The van der Waals surface area contributed by atoms with Gasteiger partial charge >= 0.3 is 5.97 Å². The second-order valence-electron chi connectivity index (χ2n) is 3.99. The normalized spacial score (nSPS) is 26.3. The van der Waals surface area contributed by atoms with Gasteiger partial charge in [-0.3, -0.25) is 9.59 Å². The maximum absolute atomic E-state index is 11.5. The van der Waals surface area contributed by atoms with Gasteiger partial charge in [0.2, 0.25) is 5.91 Å². The van der Waals surface area contributed by atoms with Gasteiger partial charge in [0.15, 0.2) is 0 Å². The molecule has 1 fully saturated rings. The highest BCUT2D eigenvalue weighted by atomic mass is 16.5. The summed E-state index contributed by atoms with van der Waals surface area (Å²) in [6.45, 7) is 3.88. The van der Waals surface area contributed by atoms with Crippen LogP contribution in [0.3, 0.4) is 0 Å². The minimum atomic E-state index is -0.606. The first-order valence-corrected chi connectivity index (χ1v) is 4.25. The van der Waals surface area contributed by atoms with E-state index in [0.29, 0.717) is 6.42 Å². The Balaban J connectivity index is 2.84. The van der Waals surface area contributed by atoms with Crippen LogP contribution < -0.4 is 0 Å². The summed E-state index contributed by atoms with van der Waals surface area (Å²) in [6, 6.07) is 0. The molecule has 1 atom stereocenters. The van der Waals surface area contributed by atoms with Gasteiger partial charge in [-0.2, -0.15) is 0 Å². The number of methoxy groups -OCH3 is 1. The maximum atomic E-state index is 11.5. The largest absolute Gasteiger partial charge is 0.468 e. The summed E-state index contributed by atoms with van der Waals surface area (Å²) in [6.07, 6.45) is 0.537. The van der Waals surface area contributed by atoms with E-state index in [-0.39, 0.29) is 11.4 Å². The van der Waals surface area contributed by atoms with Crippen molar-refractivity contribution in [1.29, 1.82) is 0 Å². The molecular formula is C9H15NO3. The molecule has 0 N–H and O–H groups in total. The lowest BCUT2D eigenvalue weighted by Gasteiger charge is -2.26. The van der Waals surface area contributed by atoms with Crippen molar-refractivity contribution in [3.8, 4) is 0 Å². The molecule has 0 radical (unpaired) electrons. The molecule has 13 heavy (non-hydrogen) atoms. The molecule has 0 aromatic carbocycles. The Labute approximate surface area is 77.8 Å². The second kappa shape index (κ2) is 3.01. The van der Waals surface area contributed by atoms with Crippen molar-refractivity contribution in [3.05, 3.63) is 0 Å². The van der Waals surface area contributed by atoms with E-state index in [0.717, 1.165) is 0 Å². The number of carbonyl (C=O) groups is 2. The predicted octanol–water partition coefficient (Wildman–Crippen LogP) is 0.416. The molecule has 74 valence electrons. The fraction of sp³-hybridized carbons (Fsp3) is 0.778. The molecule has 1 amide bonds. The summed E-state index contributed by atoms with van der Waals surface area (Å²) >= 11 is 0. The van der Waals surface area contributed by atoms with E-state index in [4.69, 9.17) is 0 Å². The summed E-state index contributed by atoms with van der Waals surface area (Å²) in [4.78, 5) is 24.3. The van der Waals surface area contributed by atoms with Crippen molar-refractivity contribution in [1.82, 2.24) is 4.90 Å². The monoisotopic (exact) mass is 185 g/mol. The summed E-state index contributed by atoms with van der Waals surface area (Å²) in [5.74, 6) is -1.18. The number of likely N-dealkylation sites (tertiary alicyclic amines) is 1. The van der Waals surface area contributed by atoms with E-state index in [1.165, 1.54) is 7.11 Å². The van der Waals surface area contributed by atoms with Gasteiger partial charge < -0.3 is 9.64 Å². The van der Waals surface area contributed by atoms with E-state index in [1.807, 2.05) is 13.8 Å². The van der Waals surface area contributed by atoms with E-state index in [1.54, 1.807) is 11.9 Å². The number of hydrogen-bond donors (Lipinski definition) is 0. The molecule has 0 aliphatic carbocycles. The Hall–Kier alpha value is -1.06. The fourth-order valence-corrected chi connectivity index (χ4v) is 1.58. The zero-order chi connectivity index (χ0) is 10.2. The van der Waals surface area contributed by atoms with Gasteiger partial charge in [0, 0.05) is 12.6 Å². The standard InChI is InChI=1S/C9H15NO3/c1-9(2)5-6(8(12)13-4)7(11)10(9)3/h6H,5H2,1-4H3. The summed E-state index contributed by atoms with van der Waals surface area (Å²) in [5, 5.41) is 0. The highest BCUT2D eigenvalue weighted by Gasteiger charge is 2.46. The number of rotatable bonds is 1. The molecule has 0 aromatic heterocycles. The van der Waals surface area contributed by atoms with Gasteiger partial charge in [-0.1, -0.05) is 0 Å². The quantitative estimate of drug-likeness (QED) is 0.439. The summed E-state index contributed by atoms with van der Waals surface area (Å²) in [7, 11) is 3.02. The Morgan fingerprint density at radius 1 is 1.62 bits per heavy atom. The first-order chi connectivity index (χ1) is 5.90. The van der Waals surface area contributed by atoms with Gasteiger partial charge in [0.05, 0.1) is 7.11 Å². The Bertz CT molecular complexity index is 247. The highest BCUT2D eigenvalue weighted by Crippen LogP contribution is 2.32. The Morgan fingerprint density at radius 2 is 2.15 bits per heavy atom. The molecule has 0 bridgehead atoms. The molecule has 1 saturated heterocycles. The average Bonchev–Trinajstić information content (AvgIpc) is 2.28. The minimum Gasteiger partial charge on any atom is -0.468 e. The molecule has 1 heterocycles. The molecule has 4 heteroatoms. The first kappa shape index (κ1) is 10.0. The Kier molecular flexibility index (Phi) is 2.32. The van der Waals surface area contributed by atoms with E-state index < -0.39 is 11.9 Å². The molecule has 1 aliphatic rings. The third-order valence-electron chi connectivity index (χ3n) is 2.73. The van der Waals surface area contributed by atoms with Gasteiger partial charge in [-0.25, -0.2) is 0 Å². The SMILES string of the molecule is COC(=O)C1CC(C)(C)N(C)C1=O. The van der Waals surface area contributed by atoms with Crippen molar-refractivity contribution >= 4 is 11.9 Å². The zero-order valence-electron chi connectivity index (χ0n) is 8.46. The molecule has 1 aliphatic heterocycles. The molecule has 0 aromatic rings. The van der Waals surface area contributed by atoms with E-state index in [9.17, 15) is 9.59 Å². The van der Waals surface area contributed by atoms with Gasteiger partial charge in [-0.15, -0.1) is 0 Å². The maximum Gasteiger partial charge on any atom is 0.318 e. The minimum absolute atomic E-state index is 0.142. The smallest absolute Gasteiger partial charge is 0.318 e. The summed E-state index contributed by atoms with van der Waals surface area (Å²) < 4.78 is 4.56. The van der Waals surface area contributed by atoms with Crippen molar-refractivity contribution in [2.24, 2.45) is 5.92 Å². The topological polar surface area (TPSA) is 46.6 Å². The van der Waals surface area contributed by atoms with E-state index in [2.05, 4.69) is 4.74 Å². The van der Waals surface area contributed by atoms with Crippen LogP contribution in [0.15, 0.2) is 0 Å².